The van der Waals surface area contributed by atoms with Gasteiger partial charge in [-0.1, -0.05) is 26.0 Å². The Morgan fingerprint density at radius 3 is 2.85 bits per heavy atom. The van der Waals surface area contributed by atoms with Crippen LogP contribution in [0.2, 0.25) is 0 Å². The summed E-state index contributed by atoms with van der Waals surface area (Å²) < 4.78 is 0. The van der Waals surface area contributed by atoms with Crippen molar-refractivity contribution in [3.63, 3.8) is 0 Å². The van der Waals surface area contributed by atoms with Gasteiger partial charge in [-0.2, -0.15) is 11.8 Å². The molecule has 0 aliphatic carbocycles. The molecule has 3 atom stereocenters. The van der Waals surface area contributed by atoms with Gasteiger partial charge in [0.15, 0.2) is 0 Å². The van der Waals surface area contributed by atoms with Crippen LogP contribution in [0.3, 0.4) is 0 Å². The zero-order valence-electron chi connectivity index (χ0n) is 11.6. The number of hydrogen-bond acceptors (Lipinski definition) is 5. The molecule has 1 aromatic carbocycles. The summed E-state index contributed by atoms with van der Waals surface area (Å²) in [6.07, 6.45) is 0. The number of nitrogens with zero attached hydrogens (tertiary/aromatic N) is 1. The van der Waals surface area contributed by atoms with Gasteiger partial charge in [-0.05, 0) is 12.1 Å². The quantitative estimate of drug-likeness (QED) is 0.814. The second-order valence-electron chi connectivity index (χ2n) is 5.06. The maximum absolute atomic E-state index is 5.85. The fourth-order valence-corrected chi connectivity index (χ4v) is 6.22. The van der Waals surface area contributed by atoms with E-state index in [1.807, 2.05) is 18.2 Å². The molecular formula is C15H18N2S3. The van der Waals surface area contributed by atoms with E-state index in [0.717, 1.165) is 22.2 Å². The van der Waals surface area contributed by atoms with E-state index in [-0.39, 0.29) is 0 Å². The fourth-order valence-electron chi connectivity index (χ4n) is 2.18. The van der Waals surface area contributed by atoms with Gasteiger partial charge < -0.3 is 5.73 Å². The summed E-state index contributed by atoms with van der Waals surface area (Å²) in [5.74, 6) is 1.17. The average molecular weight is 323 g/mol. The van der Waals surface area contributed by atoms with E-state index in [1.165, 1.54) is 10.8 Å². The molecular weight excluding hydrogens is 304 g/mol. The third-order valence-electron chi connectivity index (χ3n) is 3.53. The van der Waals surface area contributed by atoms with E-state index < -0.39 is 0 Å². The van der Waals surface area contributed by atoms with Crippen molar-refractivity contribution in [1.29, 1.82) is 0 Å². The van der Waals surface area contributed by atoms with E-state index in [0.29, 0.717) is 10.5 Å². The van der Waals surface area contributed by atoms with E-state index in [1.54, 1.807) is 11.3 Å². The number of hydrogen-bond donors (Lipinski definition) is 1. The van der Waals surface area contributed by atoms with E-state index in [2.05, 4.69) is 48.8 Å². The fraction of sp³-hybridized carbons (Fsp3) is 0.400. The highest BCUT2D eigenvalue weighted by Gasteiger charge is 2.28. The van der Waals surface area contributed by atoms with Crippen LogP contribution in [-0.4, -0.2) is 21.2 Å². The molecule has 2 N–H and O–H groups in total. The number of anilines is 1. The van der Waals surface area contributed by atoms with Crippen LogP contribution in [0, 0.1) is 0 Å². The molecule has 2 nitrogen and oxygen atoms in total. The largest absolute Gasteiger partial charge is 0.399 e. The second kappa shape index (κ2) is 6.00. The molecule has 106 valence electrons. The minimum atomic E-state index is 0.533. The molecule has 1 aromatic heterocycles. The second-order valence-corrected chi connectivity index (χ2v) is 8.95. The van der Waals surface area contributed by atoms with Crippen molar-refractivity contribution < 1.29 is 0 Å². The number of nitrogens with two attached hydrogens (primary N) is 1. The lowest BCUT2D eigenvalue weighted by molar-refractivity contribution is 0.891. The number of aromatic nitrogens is 1. The van der Waals surface area contributed by atoms with Gasteiger partial charge in [-0.15, -0.1) is 23.1 Å². The number of nitrogen functional groups attached to an aromatic ring is 1. The summed E-state index contributed by atoms with van der Waals surface area (Å²) in [7, 11) is 0. The lowest BCUT2D eigenvalue weighted by Crippen LogP contribution is -2.21. The third-order valence-corrected chi connectivity index (χ3v) is 8.04. The highest BCUT2D eigenvalue weighted by Crippen LogP contribution is 2.45. The zero-order chi connectivity index (χ0) is 14.1. The van der Waals surface area contributed by atoms with Gasteiger partial charge in [0.1, 0.15) is 5.01 Å². The van der Waals surface area contributed by atoms with Crippen LogP contribution < -0.4 is 5.73 Å². The smallest absolute Gasteiger partial charge is 0.107 e. The van der Waals surface area contributed by atoms with E-state index >= 15 is 0 Å². The first-order valence-corrected chi connectivity index (χ1v) is 9.59. The normalized spacial score (nSPS) is 26.6. The summed E-state index contributed by atoms with van der Waals surface area (Å²) in [5, 5.41) is 5.37. The molecule has 0 bridgehead atoms. The lowest BCUT2D eigenvalue weighted by atomic mass is 10.1. The van der Waals surface area contributed by atoms with Crippen molar-refractivity contribution in [3.8, 4) is 11.3 Å². The summed E-state index contributed by atoms with van der Waals surface area (Å²) in [5.41, 5.74) is 8.80. The molecule has 0 radical (unpaired) electrons. The average Bonchev–Trinajstić information content (AvgIpc) is 2.92. The van der Waals surface area contributed by atoms with Gasteiger partial charge >= 0.3 is 0 Å². The van der Waals surface area contributed by atoms with Crippen LogP contribution in [0.4, 0.5) is 5.69 Å². The Balaban J connectivity index is 1.80. The minimum absolute atomic E-state index is 0.533. The van der Waals surface area contributed by atoms with Gasteiger partial charge in [-0.25, -0.2) is 4.98 Å². The first kappa shape index (κ1) is 14.3. The lowest BCUT2D eigenvalue weighted by Gasteiger charge is -2.30. The van der Waals surface area contributed by atoms with Crippen LogP contribution in [0.5, 0.6) is 0 Å². The molecule has 1 aliphatic heterocycles. The van der Waals surface area contributed by atoms with Crippen molar-refractivity contribution in [2.24, 2.45) is 0 Å². The van der Waals surface area contributed by atoms with Crippen molar-refractivity contribution in [1.82, 2.24) is 4.98 Å². The Bertz CT molecular complexity index is 596. The SMILES string of the molecule is CC1SCC(c2nc(-c3cccc(N)c3)cs2)SC1C. The van der Waals surface area contributed by atoms with Gasteiger partial charge in [-0.3, -0.25) is 0 Å². The molecule has 3 rings (SSSR count). The molecule has 20 heavy (non-hydrogen) atoms. The van der Waals surface area contributed by atoms with Crippen LogP contribution in [0.25, 0.3) is 11.3 Å². The topological polar surface area (TPSA) is 38.9 Å². The van der Waals surface area contributed by atoms with Crippen molar-refractivity contribution in [3.05, 3.63) is 34.7 Å². The first-order valence-electron chi connectivity index (χ1n) is 6.72. The molecule has 2 aromatic rings. The Hall–Kier alpha value is -0.650. The molecule has 2 heterocycles. The standard InChI is InChI=1S/C15H18N2S3/c1-9-10(2)20-14(8-18-9)15-17-13(7-19-15)11-4-3-5-12(16)6-11/h3-7,9-10,14H,8,16H2,1-2H3. The molecule has 0 spiro atoms. The molecule has 1 saturated heterocycles. The Morgan fingerprint density at radius 1 is 1.25 bits per heavy atom. The summed E-state index contributed by atoms with van der Waals surface area (Å²) in [6.45, 7) is 4.64. The van der Waals surface area contributed by atoms with Crippen LogP contribution in [0.1, 0.15) is 24.1 Å². The summed E-state index contributed by atoms with van der Waals surface area (Å²) in [6, 6.07) is 7.96. The van der Waals surface area contributed by atoms with Crippen LogP contribution in [0.15, 0.2) is 29.6 Å². The Morgan fingerprint density at radius 2 is 2.10 bits per heavy atom. The van der Waals surface area contributed by atoms with Crippen LogP contribution in [-0.2, 0) is 0 Å². The Kier molecular flexibility index (Phi) is 4.29. The molecule has 0 amide bonds. The van der Waals surface area contributed by atoms with Gasteiger partial charge in [0.2, 0.25) is 0 Å². The number of benzene rings is 1. The van der Waals surface area contributed by atoms with E-state index in [4.69, 9.17) is 10.7 Å². The number of thioether (sulfide) groups is 2. The highest BCUT2D eigenvalue weighted by atomic mass is 32.2. The first-order chi connectivity index (χ1) is 9.63. The summed E-state index contributed by atoms with van der Waals surface area (Å²) in [4.78, 5) is 4.83. The molecule has 0 saturated carbocycles. The number of thiazole rings is 1. The van der Waals surface area contributed by atoms with Gasteiger partial charge in [0.25, 0.3) is 0 Å². The Labute approximate surface area is 132 Å². The van der Waals surface area contributed by atoms with Gasteiger partial charge in [0.05, 0.1) is 10.9 Å². The molecule has 1 aliphatic rings. The third kappa shape index (κ3) is 3.00. The van der Waals surface area contributed by atoms with Crippen molar-refractivity contribution in [2.75, 3.05) is 11.5 Å². The predicted octanol–water partition coefficient (Wildman–Crippen LogP) is 4.69. The number of rotatable bonds is 2. The van der Waals surface area contributed by atoms with Crippen molar-refractivity contribution >= 4 is 40.5 Å². The maximum Gasteiger partial charge on any atom is 0.107 e. The predicted molar refractivity (Wildman–Crippen MR) is 93.7 cm³/mol. The summed E-state index contributed by atoms with van der Waals surface area (Å²) >= 11 is 5.90. The minimum Gasteiger partial charge on any atom is -0.399 e. The highest BCUT2D eigenvalue weighted by molar-refractivity contribution is 8.07. The van der Waals surface area contributed by atoms with E-state index in [9.17, 15) is 0 Å². The molecule has 1 fully saturated rings. The monoisotopic (exact) mass is 322 g/mol. The van der Waals surface area contributed by atoms with Crippen LogP contribution >= 0.6 is 34.9 Å². The van der Waals surface area contributed by atoms with Gasteiger partial charge in [0, 0.05) is 32.9 Å². The molecule has 3 unspecified atom stereocenters. The zero-order valence-corrected chi connectivity index (χ0v) is 14.0. The maximum atomic E-state index is 5.85. The molecule has 5 heteroatoms. The van der Waals surface area contributed by atoms with Crippen molar-refractivity contribution in [2.45, 2.75) is 29.6 Å².